The van der Waals surface area contributed by atoms with E-state index in [2.05, 4.69) is 0 Å². The van der Waals surface area contributed by atoms with Gasteiger partial charge in [0.25, 0.3) is 0 Å². The molecule has 1 aliphatic rings. The van der Waals surface area contributed by atoms with E-state index in [0.717, 1.165) is 16.3 Å². The van der Waals surface area contributed by atoms with Crippen LogP contribution in [0.3, 0.4) is 0 Å². The van der Waals surface area contributed by atoms with E-state index in [1.54, 1.807) is 20.1 Å². The Balaban J connectivity index is 1.90. The van der Waals surface area contributed by atoms with Gasteiger partial charge in [-0.25, -0.2) is 0 Å². The number of phenolic OH excluding ortho intramolecular Hbond substituents is 1. The fourth-order valence-corrected chi connectivity index (χ4v) is 4.82. The number of carbonyl (C=O) groups excluding carboxylic acids is 2. The number of phenols is 1. The van der Waals surface area contributed by atoms with Crippen molar-refractivity contribution in [2.75, 3.05) is 27.9 Å². The van der Waals surface area contributed by atoms with E-state index < -0.39 is 17.8 Å². The second-order valence-electron chi connectivity index (χ2n) is 8.24. The molecule has 0 spiro atoms. The van der Waals surface area contributed by atoms with Gasteiger partial charge >= 0.3 is 5.97 Å². The molecule has 0 radical (unpaired) electrons. The second-order valence-corrected chi connectivity index (χ2v) is 8.24. The Labute approximate surface area is 203 Å². The Morgan fingerprint density at radius 1 is 0.971 bits per heavy atom. The maximum absolute atomic E-state index is 13.4. The molecule has 182 valence electrons. The lowest BCUT2D eigenvalue weighted by molar-refractivity contribution is -0.151. The van der Waals surface area contributed by atoms with Gasteiger partial charge in [-0.05, 0) is 42.0 Å². The van der Waals surface area contributed by atoms with Crippen molar-refractivity contribution in [1.82, 2.24) is 0 Å². The van der Waals surface area contributed by atoms with Gasteiger partial charge in [0.05, 0.1) is 33.5 Å². The molecule has 7 nitrogen and oxygen atoms in total. The molecular weight excluding hydrogens is 448 g/mol. The van der Waals surface area contributed by atoms with Crippen LogP contribution in [0.2, 0.25) is 0 Å². The minimum absolute atomic E-state index is 0.0758. The molecule has 1 N–H and O–H groups in total. The van der Waals surface area contributed by atoms with Crippen molar-refractivity contribution in [2.24, 2.45) is 5.92 Å². The van der Waals surface area contributed by atoms with Crippen molar-refractivity contribution >= 4 is 28.1 Å². The summed E-state index contributed by atoms with van der Waals surface area (Å²) in [5, 5.41) is 12.6. The average molecular weight is 477 g/mol. The van der Waals surface area contributed by atoms with E-state index in [-0.39, 0.29) is 18.1 Å². The summed E-state index contributed by atoms with van der Waals surface area (Å²) in [6, 6.07) is 14.6. The van der Waals surface area contributed by atoms with Crippen molar-refractivity contribution in [3.05, 3.63) is 65.7 Å². The van der Waals surface area contributed by atoms with Gasteiger partial charge < -0.3 is 24.1 Å². The third-order valence-corrected chi connectivity index (χ3v) is 6.37. The molecule has 4 rings (SSSR count). The van der Waals surface area contributed by atoms with Gasteiger partial charge in [0.1, 0.15) is 28.9 Å². The van der Waals surface area contributed by atoms with Crippen molar-refractivity contribution in [2.45, 2.75) is 19.3 Å². The smallest absolute Gasteiger partial charge is 0.317 e. The van der Waals surface area contributed by atoms with Gasteiger partial charge in [0.15, 0.2) is 5.78 Å². The summed E-state index contributed by atoms with van der Waals surface area (Å²) >= 11 is 0. The zero-order valence-electron chi connectivity index (χ0n) is 20.2. The molecule has 2 atom stereocenters. The van der Waals surface area contributed by atoms with Gasteiger partial charge in [-0.2, -0.15) is 0 Å². The summed E-state index contributed by atoms with van der Waals surface area (Å²) in [5.74, 6) is -1.07. The van der Waals surface area contributed by atoms with Crippen LogP contribution in [0, 0.1) is 5.92 Å². The lowest BCUT2D eigenvalue weighted by Crippen LogP contribution is -2.34. The Kier molecular flexibility index (Phi) is 6.96. The Bertz CT molecular complexity index is 1310. The molecule has 0 aliphatic heterocycles. The third kappa shape index (κ3) is 4.41. The molecule has 1 aliphatic carbocycles. The monoisotopic (exact) mass is 476 g/mol. The van der Waals surface area contributed by atoms with Crippen LogP contribution in [0.15, 0.2) is 54.6 Å². The number of rotatable bonds is 7. The minimum atomic E-state index is -1.01. The number of methoxy groups -OCH3 is 3. The molecule has 0 bridgehead atoms. The van der Waals surface area contributed by atoms with Crippen LogP contribution in [0.4, 0.5) is 0 Å². The van der Waals surface area contributed by atoms with Gasteiger partial charge in [0.2, 0.25) is 0 Å². The van der Waals surface area contributed by atoms with Crippen molar-refractivity contribution in [3.8, 4) is 23.0 Å². The van der Waals surface area contributed by atoms with Crippen molar-refractivity contribution in [1.29, 1.82) is 0 Å². The van der Waals surface area contributed by atoms with E-state index in [1.807, 2.05) is 36.4 Å². The number of ether oxygens (including phenoxy) is 4. The van der Waals surface area contributed by atoms with Crippen LogP contribution in [-0.2, 0) is 14.3 Å². The summed E-state index contributed by atoms with van der Waals surface area (Å²) in [4.78, 5) is 26.4. The third-order valence-electron chi connectivity index (χ3n) is 6.37. The number of hydrogen-bond acceptors (Lipinski definition) is 7. The number of esters is 1. The lowest BCUT2D eigenvalue weighted by atomic mass is 9.72. The maximum atomic E-state index is 13.4. The fourth-order valence-electron chi connectivity index (χ4n) is 4.82. The fraction of sp³-hybridized carbons (Fsp3) is 0.286. The second kappa shape index (κ2) is 10.1. The van der Waals surface area contributed by atoms with E-state index >= 15 is 0 Å². The summed E-state index contributed by atoms with van der Waals surface area (Å²) in [6.07, 6.45) is 1.72. The average Bonchev–Trinajstić information content (AvgIpc) is 2.86. The number of ketones is 1. The number of fused-ring (bicyclic) bond motifs is 1. The molecule has 2 unspecified atom stereocenters. The number of allylic oxidation sites excluding steroid dienone is 2. The van der Waals surface area contributed by atoms with E-state index in [4.69, 9.17) is 18.9 Å². The summed E-state index contributed by atoms with van der Waals surface area (Å²) in [6.45, 7) is 1.88. The predicted molar refractivity (Wildman–Crippen MR) is 132 cm³/mol. The minimum Gasteiger partial charge on any atom is -0.507 e. The molecule has 3 aromatic carbocycles. The summed E-state index contributed by atoms with van der Waals surface area (Å²) in [7, 11) is 4.58. The molecule has 0 aromatic heterocycles. The number of benzene rings is 3. The molecule has 0 amide bonds. The van der Waals surface area contributed by atoms with Crippen LogP contribution in [-0.4, -0.2) is 44.8 Å². The normalized spacial score (nSPS) is 17.6. The van der Waals surface area contributed by atoms with Crippen molar-refractivity contribution in [3.63, 3.8) is 0 Å². The first-order valence-electron chi connectivity index (χ1n) is 11.4. The predicted octanol–water partition coefficient (Wildman–Crippen LogP) is 4.89. The number of carbonyl (C=O) groups is 2. The quantitative estimate of drug-likeness (QED) is 0.383. The maximum Gasteiger partial charge on any atom is 0.317 e. The Morgan fingerprint density at radius 3 is 2.34 bits per heavy atom. The van der Waals surface area contributed by atoms with Gasteiger partial charge in [-0.3, -0.25) is 9.59 Å². The summed E-state index contributed by atoms with van der Waals surface area (Å²) < 4.78 is 21.6. The Hall–Kier alpha value is -4.00. The van der Waals surface area contributed by atoms with Crippen molar-refractivity contribution < 1.29 is 33.6 Å². The van der Waals surface area contributed by atoms with Gasteiger partial charge in [-0.15, -0.1) is 0 Å². The highest BCUT2D eigenvalue weighted by Crippen LogP contribution is 2.48. The van der Waals surface area contributed by atoms with Crippen LogP contribution in [0.1, 0.15) is 30.4 Å². The van der Waals surface area contributed by atoms with Gasteiger partial charge in [-0.1, -0.05) is 30.3 Å². The van der Waals surface area contributed by atoms with Crippen LogP contribution >= 0.6 is 0 Å². The SMILES string of the molecule is CCOC(=O)C1C(=O)C=C(c2c(O)cc(OC)cc2OC)CC1c1ccc(OC)c2ccccc12. The molecule has 0 heterocycles. The summed E-state index contributed by atoms with van der Waals surface area (Å²) in [5.41, 5.74) is 1.79. The zero-order chi connectivity index (χ0) is 25.1. The topological polar surface area (TPSA) is 91.3 Å². The van der Waals surface area contributed by atoms with Crippen LogP contribution in [0.25, 0.3) is 16.3 Å². The van der Waals surface area contributed by atoms with Crippen LogP contribution < -0.4 is 14.2 Å². The number of aromatic hydroxyl groups is 1. The first kappa shape index (κ1) is 24.1. The highest BCUT2D eigenvalue weighted by Gasteiger charge is 2.41. The first-order valence-corrected chi connectivity index (χ1v) is 11.4. The molecule has 7 heteroatoms. The van der Waals surface area contributed by atoms with Gasteiger partial charge in [0, 0.05) is 23.4 Å². The number of hydrogen-bond donors (Lipinski definition) is 1. The molecule has 0 saturated heterocycles. The molecular formula is C28H28O7. The standard InChI is InChI=1S/C28H28O7/c1-5-35-28(31)27-21(19-10-11-24(33-3)20-9-7-6-8-18(19)20)12-16(13-22(27)29)26-23(30)14-17(32-2)15-25(26)34-4/h6-11,13-15,21,27,30H,5,12H2,1-4H3. The molecule has 0 saturated carbocycles. The van der Waals surface area contributed by atoms with E-state index in [9.17, 15) is 14.7 Å². The van der Waals surface area contributed by atoms with E-state index in [0.29, 0.717) is 34.8 Å². The van der Waals surface area contributed by atoms with E-state index in [1.165, 1.54) is 26.4 Å². The Morgan fingerprint density at radius 2 is 1.69 bits per heavy atom. The molecule has 3 aromatic rings. The lowest BCUT2D eigenvalue weighted by Gasteiger charge is -2.31. The highest BCUT2D eigenvalue weighted by molar-refractivity contribution is 6.11. The molecule has 35 heavy (non-hydrogen) atoms. The highest BCUT2D eigenvalue weighted by atomic mass is 16.5. The van der Waals surface area contributed by atoms with Crippen LogP contribution in [0.5, 0.6) is 23.0 Å². The largest absolute Gasteiger partial charge is 0.507 e. The zero-order valence-corrected chi connectivity index (χ0v) is 20.2. The first-order chi connectivity index (χ1) is 16.9. The molecule has 0 fully saturated rings.